The Bertz CT molecular complexity index is 557. The van der Waals surface area contributed by atoms with Gasteiger partial charge in [0.25, 0.3) is 0 Å². The molecule has 2 N–H and O–H groups in total. The molecule has 0 saturated heterocycles. The number of hydrogen-bond donors (Lipinski definition) is 2. The van der Waals surface area contributed by atoms with Crippen LogP contribution in [0.25, 0.3) is 0 Å². The van der Waals surface area contributed by atoms with Crippen LogP contribution in [0, 0.1) is 17.5 Å². The van der Waals surface area contributed by atoms with Gasteiger partial charge in [-0.25, -0.2) is 13.2 Å². The summed E-state index contributed by atoms with van der Waals surface area (Å²) in [5.74, 6) is -6.61. The van der Waals surface area contributed by atoms with Gasteiger partial charge in [-0.05, 0) is 25.0 Å². The van der Waals surface area contributed by atoms with Crippen molar-refractivity contribution in [2.24, 2.45) is 0 Å². The maximum atomic E-state index is 13.4. The Morgan fingerprint density at radius 3 is 2.29 bits per heavy atom. The van der Waals surface area contributed by atoms with Gasteiger partial charge in [0.1, 0.15) is 0 Å². The van der Waals surface area contributed by atoms with Crippen LogP contribution in [-0.2, 0) is 9.59 Å². The summed E-state index contributed by atoms with van der Waals surface area (Å²) in [5.41, 5.74) is -0.572. The van der Waals surface area contributed by atoms with Crippen molar-refractivity contribution in [3.05, 3.63) is 29.6 Å². The van der Waals surface area contributed by atoms with E-state index >= 15 is 0 Å². The number of nitrogens with one attached hydrogen (secondary N) is 2. The molecular formula is C14H15F3N2O2. The second-order valence-corrected chi connectivity index (χ2v) is 4.99. The first-order valence-corrected chi connectivity index (χ1v) is 6.74. The minimum atomic E-state index is -1.69. The Labute approximate surface area is 119 Å². The van der Waals surface area contributed by atoms with E-state index in [2.05, 4.69) is 5.32 Å². The number of benzene rings is 1. The lowest BCUT2D eigenvalue weighted by Gasteiger charge is -2.22. The monoisotopic (exact) mass is 300 g/mol. The van der Waals surface area contributed by atoms with Crippen molar-refractivity contribution in [2.45, 2.75) is 38.1 Å². The summed E-state index contributed by atoms with van der Waals surface area (Å²) in [6.45, 7) is 0. The predicted molar refractivity (Wildman–Crippen MR) is 70.0 cm³/mol. The van der Waals surface area contributed by atoms with Gasteiger partial charge in [-0.3, -0.25) is 9.59 Å². The number of carbonyl (C=O) groups excluding carboxylic acids is 2. The minimum Gasteiger partial charge on any atom is -0.345 e. The fourth-order valence-electron chi connectivity index (χ4n) is 2.30. The summed E-state index contributed by atoms with van der Waals surface area (Å²) in [5, 5.41) is 4.48. The lowest BCUT2D eigenvalue weighted by molar-refractivity contribution is -0.136. The van der Waals surface area contributed by atoms with E-state index in [1.54, 1.807) is 0 Å². The van der Waals surface area contributed by atoms with Crippen LogP contribution in [0.15, 0.2) is 12.1 Å². The van der Waals surface area contributed by atoms with Gasteiger partial charge < -0.3 is 10.6 Å². The molecule has 0 aromatic heterocycles. The van der Waals surface area contributed by atoms with Crippen LogP contribution in [0.2, 0.25) is 0 Å². The summed E-state index contributed by atoms with van der Waals surface area (Å²) < 4.78 is 39.2. The van der Waals surface area contributed by atoms with Crippen LogP contribution in [-0.4, -0.2) is 17.9 Å². The zero-order chi connectivity index (χ0) is 15.4. The molecule has 1 fully saturated rings. The molecule has 1 aliphatic carbocycles. The first kappa shape index (κ1) is 15.3. The Morgan fingerprint density at radius 2 is 1.62 bits per heavy atom. The first-order valence-electron chi connectivity index (χ1n) is 6.74. The molecule has 0 aliphatic heterocycles. The zero-order valence-corrected chi connectivity index (χ0v) is 11.2. The van der Waals surface area contributed by atoms with E-state index in [-0.39, 0.29) is 6.04 Å². The quantitative estimate of drug-likeness (QED) is 0.651. The maximum Gasteiger partial charge on any atom is 0.313 e. The van der Waals surface area contributed by atoms with Crippen LogP contribution >= 0.6 is 0 Å². The average molecular weight is 300 g/mol. The lowest BCUT2D eigenvalue weighted by Crippen LogP contribution is -2.42. The molecular weight excluding hydrogens is 285 g/mol. The normalized spacial score (nSPS) is 15.6. The van der Waals surface area contributed by atoms with Gasteiger partial charge in [-0.1, -0.05) is 19.3 Å². The summed E-state index contributed by atoms with van der Waals surface area (Å²) in [6, 6.07) is 1.46. The summed E-state index contributed by atoms with van der Waals surface area (Å²) >= 11 is 0. The molecule has 1 aromatic rings. The SMILES string of the molecule is O=C(Nc1ccc(F)c(F)c1F)C(=O)NC1CCCCC1. The number of amides is 2. The molecule has 114 valence electrons. The molecule has 7 heteroatoms. The second-order valence-electron chi connectivity index (χ2n) is 4.99. The molecule has 0 heterocycles. The van der Waals surface area contributed by atoms with E-state index in [4.69, 9.17) is 0 Å². The van der Waals surface area contributed by atoms with Gasteiger partial charge in [0.15, 0.2) is 17.5 Å². The molecule has 4 nitrogen and oxygen atoms in total. The van der Waals surface area contributed by atoms with Gasteiger partial charge in [-0.15, -0.1) is 0 Å². The lowest BCUT2D eigenvalue weighted by atomic mass is 9.95. The highest BCUT2D eigenvalue weighted by Gasteiger charge is 2.22. The van der Waals surface area contributed by atoms with E-state index < -0.39 is 35.0 Å². The van der Waals surface area contributed by atoms with Crippen LogP contribution in [0.3, 0.4) is 0 Å². The Balaban J connectivity index is 1.97. The molecule has 1 aliphatic rings. The Morgan fingerprint density at radius 1 is 0.952 bits per heavy atom. The van der Waals surface area contributed by atoms with Crippen LogP contribution in [0.4, 0.5) is 18.9 Å². The molecule has 0 bridgehead atoms. The fourth-order valence-corrected chi connectivity index (χ4v) is 2.30. The standard InChI is InChI=1S/C14H15F3N2O2/c15-9-6-7-10(12(17)11(9)16)19-14(21)13(20)18-8-4-2-1-3-5-8/h6-8H,1-5H2,(H,18,20)(H,19,21). The van der Waals surface area contributed by atoms with Gasteiger partial charge in [0, 0.05) is 6.04 Å². The number of hydrogen-bond acceptors (Lipinski definition) is 2. The van der Waals surface area contributed by atoms with Crippen molar-refractivity contribution >= 4 is 17.5 Å². The van der Waals surface area contributed by atoms with Crippen LogP contribution in [0.5, 0.6) is 0 Å². The van der Waals surface area contributed by atoms with Crippen molar-refractivity contribution in [3.63, 3.8) is 0 Å². The third kappa shape index (κ3) is 3.74. The molecule has 1 saturated carbocycles. The molecule has 0 spiro atoms. The summed E-state index contributed by atoms with van der Waals surface area (Å²) in [7, 11) is 0. The molecule has 21 heavy (non-hydrogen) atoms. The average Bonchev–Trinajstić information content (AvgIpc) is 2.48. The van der Waals surface area contributed by atoms with E-state index in [9.17, 15) is 22.8 Å². The van der Waals surface area contributed by atoms with E-state index in [0.717, 1.165) is 38.2 Å². The molecule has 2 amide bonds. The van der Waals surface area contributed by atoms with Crippen molar-refractivity contribution < 1.29 is 22.8 Å². The number of halogens is 3. The molecule has 0 radical (unpaired) electrons. The molecule has 2 rings (SSSR count). The fraction of sp³-hybridized carbons (Fsp3) is 0.429. The zero-order valence-electron chi connectivity index (χ0n) is 11.2. The van der Waals surface area contributed by atoms with Gasteiger partial charge in [0.2, 0.25) is 0 Å². The second kappa shape index (κ2) is 6.60. The maximum absolute atomic E-state index is 13.4. The minimum absolute atomic E-state index is 0.0770. The highest BCUT2D eigenvalue weighted by atomic mass is 19.2. The summed E-state index contributed by atoms with van der Waals surface area (Å²) in [4.78, 5) is 23.3. The highest BCUT2D eigenvalue weighted by molar-refractivity contribution is 6.39. The Kier molecular flexibility index (Phi) is 4.82. The van der Waals surface area contributed by atoms with Gasteiger partial charge in [-0.2, -0.15) is 0 Å². The first-order chi connectivity index (χ1) is 9.99. The van der Waals surface area contributed by atoms with Gasteiger partial charge in [0.05, 0.1) is 5.69 Å². The van der Waals surface area contributed by atoms with Crippen molar-refractivity contribution in [3.8, 4) is 0 Å². The topological polar surface area (TPSA) is 58.2 Å². The van der Waals surface area contributed by atoms with E-state index in [1.165, 1.54) is 0 Å². The highest BCUT2D eigenvalue weighted by Crippen LogP contribution is 2.20. The van der Waals surface area contributed by atoms with Crippen LogP contribution in [0.1, 0.15) is 32.1 Å². The van der Waals surface area contributed by atoms with E-state index in [1.807, 2.05) is 5.32 Å². The Hall–Kier alpha value is -2.05. The predicted octanol–water partition coefficient (Wildman–Crippen LogP) is 2.49. The third-order valence-electron chi connectivity index (χ3n) is 3.43. The van der Waals surface area contributed by atoms with Crippen molar-refractivity contribution in [1.29, 1.82) is 0 Å². The number of anilines is 1. The molecule has 0 unspecified atom stereocenters. The smallest absolute Gasteiger partial charge is 0.313 e. The van der Waals surface area contributed by atoms with E-state index in [0.29, 0.717) is 6.07 Å². The number of carbonyl (C=O) groups is 2. The van der Waals surface area contributed by atoms with Crippen molar-refractivity contribution in [2.75, 3.05) is 5.32 Å². The largest absolute Gasteiger partial charge is 0.345 e. The van der Waals surface area contributed by atoms with Crippen molar-refractivity contribution in [1.82, 2.24) is 5.32 Å². The van der Waals surface area contributed by atoms with Crippen LogP contribution < -0.4 is 10.6 Å². The molecule has 1 aromatic carbocycles. The molecule has 0 atom stereocenters. The van der Waals surface area contributed by atoms with Gasteiger partial charge >= 0.3 is 11.8 Å². The summed E-state index contributed by atoms with van der Waals surface area (Å²) in [6.07, 6.45) is 4.63. The number of rotatable bonds is 2. The third-order valence-corrected chi connectivity index (χ3v) is 3.43.